The Bertz CT molecular complexity index is 399. The van der Waals surface area contributed by atoms with Crippen LogP contribution in [0.15, 0.2) is 24.3 Å². The maximum Gasteiger partial charge on any atom is 0.0412 e. The fraction of sp³-hybridized carbons (Fsp3) is 0.571. The molecule has 1 heterocycles. The SMILES string of the molecule is CCCNCc1ccccc1N1CCS(=O)CC1. The van der Waals surface area contributed by atoms with E-state index in [2.05, 4.69) is 41.4 Å². The second-order valence-electron chi connectivity index (χ2n) is 4.64. The Morgan fingerprint density at radius 3 is 2.72 bits per heavy atom. The Labute approximate surface area is 112 Å². The molecule has 1 aromatic carbocycles. The molecule has 1 aromatic rings. The standard InChI is InChI=1S/C14H22N2OS/c1-2-7-15-12-13-5-3-4-6-14(13)16-8-10-18(17)11-9-16/h3-6,15H,2,7-12H2,1H3. The highest BCUT2D eigenvalue weighted by Crippen LogP contribution is 2.21. The number of rotatable bonds is 5. The molecule has 0 amide bonds. The molecule has 18 heavy (non-hydrogen) atoms. The van der Waals surface area contributed by atoms with Gasteiger partial charge in [-0.15, -0.1) is 0 Å². The molecule has 1 N–H and O–H groups in total. The molecule has 1 aliphatic heterocycles. The summed E-state index contributed by atoms with van der Waals surface area (Å²) in [6.07, 6.45) is 1.16. The van der Waals surface area contributed by atoms with Crippen LogP contribution in [0.25, 0.3) is 0 Å². The van der Waals surface area contributed by atoms with Gasteiger partial charge in [-0.3, -0.25) is 4.21 Å². The second-order valence-corrected chi connectivity index (χ2v) is 6.34. The monoisotopic (exact) mass is 266 g/mol. The largest absolute Gasteiger partial charge is 0.369 e. The Morgan fingerprint density at radius 2 is 2.00 bits per heavy atom. The first-order valence-electron chi connectivity index (χ1n) is 6.70. The lowest BCUT2D eigenvalue weighted by atomic mass is 10.1. The third-order valence-corrected chi connectivity index (χ3v) is 4.53. The van der Waals surface area contributed by atoms with Gasteiger partial charge in [-0.25, -0.2) is 0 Å². The predicted octanol–water partition coefficient (Wildman–Crippen LogP) is 1.75. The first-order chi connectivity index (χ1) is 8.81. The molecule has 1 aliphatic rings. The molecule has 0 atom stereocenters. The third kappa shape index (κ3) is 3.56. The molecule has 0 spiro atoms. The first kappa shape index (κ1) is 13.6. The van der Waals surface area contributed by atoms with Crippen LogP contribution in [0.1, 0.15) is 18.9 Å². The summed E-state index contributed by atoms with van der Waals surface area (Å²) in [6.45, 7) is 5.98. The van der Waals surface area contributed by atoms with Gasteiger partial charge in [-0.1, -0.05) is 25.1 Å². The zero-order valence-corrected chi connectivity index (χ0v) is 11.8. The Hall–Kier alpha value is -0.870. The average molecular weight is 266 g/mol. The summed E-state index contributed by atoms with van der Waals surface area (Å²) in [4.78, 5) is 2.37. The Kier molecular flexibility index (Phi) is 5.20. The summed E-state index contributed by atoms with van der Waals surface area (Å²) in [5.41, 5.74) is 2.65. The number of nitrogens with one attached hydrogen (secondary N) is 1. The molecule has 0 aliphatic carbocycles. The fourth-order valence-corrected chi connectivity index (χ4v) is 3.30. The molecule has 100 valence electrons. The van der Waals surface area contributed by atoms with E-state index < -0.39 is 10.8 Å². The normalized spacial score (nSPS) is 17.1. The van der Waals surface area contributed by atoms with Crippen molar-refractivity contribution in [1.29, 1.82) is 0 Å². The van der Waals surface area contributed by atoms with Crippen LogP contribution in [0.5, 0.6) is 0 Å². The highest BCUT2D eigenvalue weighted by Gasteiger charge is 2.17. The van der Waals surface area contributed by atoms with Crippen LogP contribution in [0.4, 0.5) is 5.69 Å². The number of nitrogens with zero attached hydrogens (tertiary/aromatic N) is 1. The fourth-order valence-electron chi connectivity index (χ4n) is 2.25. The minimum Gasteiger partial charge on any atom is -0.369 e. The van der Waals surface area contributed by atoms with E-state index in [4.69, 9.17) is 0 Å². The van der Waals surface area contributed by atoms with Gasteiger partial charge in [0, 0.05) is 47.6 Å². The predicted molar refractivity (Wildman–Crippen MR) is 78.5 cm³/mol. The topological polar surface area (TPSA) is 32.3 Å². The quantitative estimate of drug-likeness (QED) is 0.824. The van der Waals surface area contributed by atoms with E-state index in [9.17, 15) is 4.21 Å². The summed E-state index contributed by atoms with van der Waals surface area (Å²) in [6, 6.07) is 8.54. The van der Waals surface area contributed by atoms with Crippen molar-refractivity contribution in [3.8, 4) is 0 Å². The second kappa shape index (κ2) is 6.90. The Balaban J connectivity index is 2.04. The molecular formula is C14H22N2OS. The van der Waals surface area contributed by atoms with Gasteiger partial charge in [-0.05, 0) is 24.6 Å². The van der Waals surface area contributed by atoms with Crippen LogP contribution in [-0.2, 0) is 17.3 Å². The summed E-state index contributed by atoms with van der Waals surface area (Å²) in [7, 11) is -0.605. The van der Waals surface area contributed by atoms with Crippen molar-refractivity contribution >= 4 is 16.5 Å². The molecule has 0 radical (unpaired) electrons. The highest BCUT2D eigenvalue weighted by atomic mass is 32.2. The van der Waals surface area contributed by atoms with Gasteiger partial charge in [0.1, 0.15) is 0 Å². The minimum atomic E-state index is -0.605. The van der Waals surface area contributed by atoms with Gasteiger partial charge < -0.3 is 10.2 Å². The van der Waals surface area contributed by atoms with E-state index in [-0.39, 0.29) is 0 Å². The van der Waals surface area contributed by atoms with Crippen LogP contribution < -0.4 is 10.2 Å². The van der Waals surface area contributed by atoms with E-state index in [0.29, 0.717) is 0 Å². The minimum absolute atomic E-state index is 0.605. The van der Waals surface area contributed by atoms with Crippen molar-refractivity contribution < 1.29 is 4.21 Å². The van der Waals surface area contributed by atoms with Crippen molar-refractivity contribution in [1.82, 2.24) is 5.32 Å². The molecule has 1 fully saturated rings. The van der Waals surface area contributed by atoms with Crippen LogP contribution >= 0.6 is 0 Å². The first-order valence-corrected chi connectivity index (χ1v) is 8.18. The highest BCUT2D eigenvalue weighted by molar-refractivity contribution is 7.85. The van der Waals surface area contributed by atoms with Crippen molar-refractivity contribution in [2.75, 3.05) is 36.0 Å². The smallest absolute Gasteiger partial charge is 0.0412 e. The molecule has 0 saturated carbocycles. The summed E-state index contributed by atoms with van der Waals surface area (Å²) < 4.78 is 11.4. The van der Waals surface area contributed by atoms with E-state index in [1.165, 1.54) is 11.3 Å². The summed E-state index contributed by atoms with van der Waals surface area (Å²) in [5.74, 6) is 1.60. The molecular weight excluding hydrogens is 244 g/mol. The van der Waals surface area contributed by atoms with Crippen molar-refractivity contribution in [2.45, 2.75) is 19.9 Å². The lowest BCUT2D eigenvalue weighted by Gasteiger charge is -2.30. The van der Waals surface area contributed by atoms with E-state index in [0.717, 1.165) is 44.1 Å². The van der Waals surface area contributed by atoms with Crippen molar-refractivity contribution in [3.63, 3.8) is 0 Å². The number of benzene rings is 1. The zero-order chi connectivity index (χ0) is 12.8. The maximum atomic E-state index is 11.4. The van der Waals surface area contributed by atoms with E-state index in [1.54, 1.807) is 0 Å². The molecule has 0 bridgehead atoms. The maximum absolute atomic E-state index is 11.4. The van der Waals surface area contributed by atoms with Crippen LogP contribution in [0.3, 0.4) is 0 Å². The van der Waals surface area contributed by atoms with Crippen LogP contribution in [0, 0.1) is 0 Å². The molecule has 3 nitrogen and oxygen atoms in total. The van der Waals surface area contributed by atoms with Gasteiger partial charge in [0.15, 0.2) is 0 Å². The molecule has 0 aromatic heterocycles. The number of hydrogen-bond donors (Lipinski definition) is 1. The summed E-state index contributed by atoms with van der Waals surface area (Å²) >= 11 is 0. The van der Waals surface area contributed by atoms with Crippen molar-refractivity contribution in [2.24, 2.45) is 0 Å². The molecule has 0 unspecified atom stereocenters. The van der Waals surface area contributed by atoms with E-state index >= 15 is 0 Å². The van der Waals surface area contributed by atoms with Gasteiger partial charge in [-0.2, -0.15) is 0 Å². The van der Waals surface area contributed by atoms with Gasteiger partial charge in [0.2, 0.25) is 0 Å². The van der Waals surface area contributed by atoms with Gasteiger partial charge in [0.05, 0.1) is 0 Å². The van der Waals surface area contributed by atoms with Gasteiger partial charge in [0.25, 0.3) is 0 Å². The molecule has 1 saturated heterocycles. The lowest BCUT2D eigenvalue weighted by molar-refractivity contribution is 0.666. The van der Waals surface area contributed by atoms with Crippen LogP contribution in [-0.4, -0.2) is 35.3 Å². The van der Waals surface area contributed by atoms with Crippen molar-refractivity contribution in [3.05, 3.63) is 29.8 Å². The number of anilines is 1. The lowest BCUT2D eigenvalue weighted by Crippen LogP contribution is -2.38. The third-order valence-electron chi connectivity index (χ3n) is 3.25. The zero-order valence-electron chi connectivity index (χ0n) is 11.0. The number of hydrogen-bond acceptors (Lipinski definition) is 3. The van der Waals surface area contributed by atoms with Crippen LogP contribution in [0.2, 0.25) is 0 Å². The Morgan fingerprint density at radius 1 is 1.28 bits per heavy atom. The summed E-state index contributed by atoms with van der Waals surface area (Å²) in [5, 5.41) is 3.45. The molecule has 2 rings (SSSR count). The van der Waals surface area contributed by atoms with Gasteiger partial charge >= 0.3 is 0 Å². The van der Waals surface area contributed by atoms with E-state index in [1.807, 2.05) is 0 Å². The average Bonchev–Trinajstić information content (AvgIpc) is 2.41. The molecule has 4 heteroatoms. The number of para-hydroxylation sites is 1.